The molecule has 1 aliphatic rings. The molecule has 0 aromatic heterocycles. The van der Waals surface area contributed by atoms with Gasteiger partial charge in [0.25, 0.3) is 0 Å². The average Bonchev–Trinajstić information content (AvgIpc) is 2.58. The molecule has 1 atom stereocenters. The van der Waals surface area contributed by atoms with Gasteiger partial charge in [0.15, 0.2) is 0 Å². The first-order valence-electron chi connectivity index (χ1n) is 6.21. The molecule has 0 saturated carbocycles. The van der Waals surface area contributed by atoms with E-state index in [1.165, 1.54) is 0 Å². The second kappa shape index (κ2) is 4.74. The summed E-state index contributed by atoms with van der Waals surface area (Å²) in [7, 11) is 0. The standard InChI is InChI=1S/C15H15N3O/c16-11-6-7-13-12(8-11)15(17-9-14(19)18-13)10-4-2-1-3-5-10/h1-8,15,17H,9,16H2,(H,18,19). The summed E-state index contributed by atoms with van der Waals surface area (Å²) in [6.45, 7) is 0.286. The van der Waals surface area contributed by atoms with Gasteiger partial charge in [-0.2, -0.15) is 0 Å². The van der Waals surface area contributed by atoms with Crippen LogP contribution in [-0.2, 0) is 4.79 Å². The molecule has 96 valence electrons. The molecular formula is C15H15N3O. The molecule has 1 aliphatic heterocycles. The Morgan fingerprint density at radius 2 is 1.89 bits per heavy atom. The summed E-state index contributed by atoms with van der Waals surface area (Å²) in [5, 5.41) is 6.16. The number of amides is 1. The van der Waals surface area contributed by atoms with Gasteiger partial charge < -0.3 is 11.1 Å². The van der Waals surface area contributed by atoms with Crippen molar-refractivity contribution < 1.29 is 4.79 Å². The van der Waals surface area contributed by atoms with E-state index < -0.39 is 0 Å². The van der Waals surface area contributed by atoms with Gasteiger partial charge in [-0.15, -0.1) is 0 Å². The zero-order chi connectivity index (χ0) is 13.2. The monoisotopic (exact) mass is 253 g/mol. The molecule has 2 aromatic carbocycles. The number of rotatable bonds is 1. The van der Waals surface area contributed by atoms with Gasteiger partial charge in [-0.3, -0.25) is 10.1 Å². The molecule has 0 fully saturated rings. The molecule has 0 saturated heterocycles. The highest BCUT2D eigenvalue weighted by Crippen LogP contribution is 2.31. The van der Waals surface area contributed by atoms with Crippen molar-refractivity contribution in [2.45, 2.75) is 6.04 Å². The molecule has 0 spiro atoms. The first kappa shape index (κ1) is 11.7. The van der Waals surface area contributed by atoms with E-state index in [-0.39, 0.29) is 18.5 Å². The summed E-state index contributed by atoms with van der Waals surface area (Å²) >= 11 is 0. The first-order valence-corrected chi connectivity index (χ1v) is 6.21. The van der Waals surface area contributed by atoms with Crippen molar-refractivity contribution in [2.24, 2.45) is 0 Å². The Bertz CT molecular complexity index is 610. The van der Waals surface area contributed by atoms with Crippen molar-refractivity contribution >= 4 is 17.3 Å². The van der Waals surface area contributed by atoms with E-state index in [9.17, 15) is 4.79 Å². The number of nitrogens with two attached hydrogens (primary N) is 1. The van der Waals surface area contributed by atoms with Crippen LogP contribution in [0.5, 0.6) is 0 Å². The molecule has 0 radical (unpaired) electrons. The maximum atomic E-state index is 11.7. The van der Waals surface area contributed by atoms with Crippen molar-refractivity contribution in [3.8, 4) is 0 Å². The Kier molecular flexibility index (Phi) is 2.93. The van der Waals surface area contributed by atoms with Crippen molar-refractivity contribution in [3.05, 3.63) is 59.7 Å². The molecule has 0 aliphatic carbocycles. The summed E-state index contributed by atoms with van der Waals surface area (Å²) in [5.74, 6) is -0.0375. The van der Waals surface area contributed by atoms with Crippen LogP contribution in [0.25, 0.3) is 0 Å². The van der Waals surface area contributed by atoms with Gasteiger partial charge in [0, 0.05) is 11.4 Å². The molecule has 0 bridgehead atoms. The third kappa shape index (κ3) is 2.30. The molecule has 2 aromatic rings. The summed E-state index contributed by atoms with van der Waals surface area (Å²) in [6, 6.07) is 15.6. The highest BCUT2D eigenvalue weighted by molar-refractivity contribution is 5.94. The Labute approximate surface area is 111 Å². The summed E-state index contributed by atoms with van der Waals surface area (Å²) < 4.78 is 0. The number of carbonyl (C=O) groups excluding carboxylic acids is 1. The molecule has 19 heavy (non-hydrogen) atoms. The third-order valence-electron chi connectivity index (χ3n) is 3.26. The number of anilines is 2. The Morgan fingerprint density at radius 3 is 2.68 bits per heavy atom. The van der Waals surface area contributed by atoms with Gasteiger partial charge in [0.05, 0.1) is 12.6 Å². The number of hydrogen-bond donors (Lipinski definition) is 3. The number of nitrogens with one attached hydrogen (secondary N) is 2. The number of nitrogen functional groups attached to an aromatic ring is 1. The third-order valence-corrected chi connectivity index (χ3v) is 3.26. The fraction of sp³-hybridized carbons (Fsp3) is 0.133. The van der Waals surface area contributed by atoms with E-state index in [2.05, 4.69) is 10.6 Å². The Morgan fingerprint density at radius 1 is 1.11 bits per heavy atom. The van der Waals surface area contributed by atoms with Crippen molar-refractivity contribution in [1.82, 2.24) is 5.32 Å². The van der Waals surface area contributed by atoms with Gasteiger partial charge in [0.2, 0.25) is 5.91 Å². The molecule has 1 amide bonds. The van der Waals surface area contributed by atoms with Crippen molar-refractivity contribution in [1.29, 1.82) is 0 Å². The largest absolute Gasteiger partial charge is 0.399 e. The minimum atomic E-state index is -0.0375. The Balaban J connectivity index is 2.11. The minimum absolute atomic E-state index is 0.0290. The van der Waals surface area contributed by atoms with Crippen molar-refractivity contribution in [3.63, 3.8) is 0 Å². The molecule has 4 nitrogen and oxygen atoms in total. The fourth-order valence-electron chi connectivity index (χ4n) is 2.38. The number of carbonyl (C=O) groups is 1. The maximum Gasteiger partial charge on any atom is 0.238 e. The van der Waals surface area contributed by atoms with Crippen LogP contribution in [0.15, 0.2) is 48.5 Å². The Hall–Kier alpha value is -2.33. The lowest BCUT2D eigenvalue weighted by molar-refractivity contribution is -0.115. The van der Waals surface area contributed by atoms with Crippen LogP contribution < -0.4 is 16.4 Å². The lowest BCUT2D eigenvalue weighted by Crippen LogP contribution is -2.27. The lowest BCUT2D eigenvalue weighted by atomic mass is 9.97. The van der Waals surface area contributed by atoms with E-state index in [1.54, 1.807) is 6.07 Å². The zero-order valence-corrected chi connectivity index (χ0v) is 10.4. The summed E-state index contributed by atoms with van der Waals surface area (Å²) in [6.07, 6.45) is 0. The van der Waals surface area contributed by atoms with E-state index in [4.69, 9.17) is 5.73 Å². The second-order valence-corrected chi connectivity index (χ2v) is 4.62. The van der Waals surface area contributed by atoms with Gasteiger partial charge >= 0.3 is 0 Å². The van der Waals surface area contributed by atoms with Crippen LogP contribution in [0.1, 0.15) is 17.2 Å². The summed E-state index contributed by atoms with van der Waals surface area (Å²) in [5.41, 5.74) is 9.49. The number of hydrogen-bond acceptors (Lipinski definition) is 3. The van der Waals surface area contributed by atoms with E-state index >= 15 is 0 Å². The molecule has 4 N–H and O–H groups in total. The minimum Gasteiger partial charge on any atom is -0.399 e. The SMILES string of the molecule is Nc1ccc2c(c1)C(c1ccccc1)NCC(=O)N2. The second-order valence-electron chi connectivity index (χ2n) is 4.62. The van der Waals surface area contributed by atoms with Crippen LogP contribution in [0.4, 0.5) is 11.4 Å². The molecule has 1 unspecified atom stereocenters. The lowest BCUT2D eigenvalue weighted by Gasteiger charge is -2.18. The highest BCUT2D eigenvalue weighted by Gasteiger charge is 2.22. The van der Waals surface area contributed by atoms with Gasteiger partial charge in [-0.25, -0.2) is 0 Å². The van der Waals surface area contributed by atoms with Crippen LogP contribution in [0.3, 0.4) is 0 Å². The zero-order valence-electron chi connectivity index (χ0n) is 10.4. The predicted octanol–water partition coefficient (Wildman–Crippen LogP) is 1.90. The van der Waals surface area contributed by atoms with E-state index in [0.29, 0.717) is 5.69 Å². The number of benzene rings is 2. The normalized spacial score (nSPS) is 18.3. The van der Waals surface area contributed by atoms with Crippen LogP contribution in [-0.4, -0.2) is 12.5 Å². The van der Waals surface area contributed by atoms with E-state index in [1.807, 2.05) is 42.5 Å². The maximum absolute atomic E-state index is 11.7. The van der Waals surface area contributed by atoms with Crippen molar-refractivity contribution in [2.75, 3.05) is 17.6 Å². The molecule has 3 rings (SSSR count). The van der Waals surface area contributed by atoms with Crippen LogP contribution >= 0.6 is 0 Å². The molecule has 1 heterocycles. The fourth-order valence-corrected chi connectivity index (χ4v) is 2.38. The summed E-state index contributed by atoms with van der Waals surface area (Å²) in [4.78, 5) is 11.7. The predicted molar refractivity (Wildman–Crippen MR) is 75.8 cm³/mol. The smallest absolute Gasteiger partial charge is 0.238 e. The molecule has 4 heteroatoms. The highest BCUT2D eigenvalue weighted by atomic mass is 16.1. The van der Waals surface area contributed by atoms with Gasteiger partial charge in [-0.1, -0.05) is 30.3 Å². The van der Waals surface area contributed by atoms with Crippen LogP contribution in [0.2, 0.25) is 0 Å². The number of fused-ring (bicyclic) bond motifs is 1. The topological polar surface area (TPSA) is 67.1 Å². The average molecular weight is 253 g/mol. The van der Waals surface area contributed by atoms with E-state index in [0.717, 1.165) is 16.8 Å². The quantitative estimate of drug-likeness (QED) is 0.680. The van der Waals surface area contributed by atoms with Crippen LogP contribution in [0, 0.1) is 0 Å². The van der Waals surface area contributed by atoms with Gasteiger partial charge in [0.1, 0.15) is 0 Å². The van der Waals surface area contributed by atoms with Gasteiger partial charge in [-0.05, 0) is 29.3 Å². The first-order chi connectivity index (χ1) is 9.24. The molecular weight excluding hydrogens is 238 g/mol.